The zero-order valence-corrected chi connectivity index (χ0v) is 16.9. The highest BCUT2D eigenvalue weighted by atomic mass is 16.5. The number of hydrogen-bond donors (Lipinski definition) is 0. The van der Waals surface area contributed by atoms with Gasteiger partial charge in [0.1, 0.15) is 6.61 Å². The molecule has 0 saturated heterocycles. The number of unbranched alkanes of at least 4 members (excludes halogenated alkanes) is 6. The number of nitrogens with zero attached hydrogens (tertiary/aromatic N) is 1. The molecule has 1 heterocycles. The largest absolute Gasteiger partial charge is 0.461 e. The van der Waals surface area contributed by atoms with Gasteiger partial charge in [-0.15, -0.1) is 0 Å². The Kier molecular flexibility index (Phi) is 11.4. The topological polar surface area (TPSA) is 39.2 Å². The summed E-state index contributed by atoms with van der Waals surface area (Å²) in [5, 5.41) is 0. The third kappa shape index (κ3) is 10.7. The molecule has 0 amide bonds. The molecule has 0 atom stereocenters. The van der Waals surface area contributed by atoms with Gasteiger partial charge in [-0.1, -0.05) is 67.8 Å². The molecule has 3 heteroatoms. The number of aromatic nitrogens is 1. The fourth-order valence-corrected chi connectivity index (χ4v) is 3.09. The van der Waals surface area contributed by atoms with E-state index >= 15 is 0 Å². The second-order valence-corrected chi connectivity index (χ2v) is 7.18. The van der Waals surface area contributed by atoms with Crippen molar-refractivity contribution in [2.24, 2.45) is 0 Å². The molecule has 150 valence electrons. The van der Waals surface area contributed by atoms with E-state index in [0.29, 0.717) is 13.0 Å². The van der Waals surface area contributed by atoms with Crippen LogP contribution in [0.5, 0.6) is 0 Å². The first-order valence-electron chi connectivity index (χ1n) is 10.6. The van der Waals surface area contributed by atoms with Crippen LogP contribution >= 0.6 is 0 Å². The molecule has 0 aliphatic rings. The van der Waals surface area contributed by atoms with Crippen molar-refractivity contribution >= 4 is 5.97 Å². The van der Waals surface area contributed by atoms with Gasteiger partial charge in [0.05, 0.1) is 0 Å². The lowest BCUT2D eigenvalue weighted by Gasteiger charge is -2.04. The molecular weight excluding hydrogens is 346 g/mol. The normalized spacial score (nSPS) is 11.0. The zero-order chi connectivity index (χ0) is 19.7. The fraction of sp³-hybridized carbons (Fsp3) is 0.440. The number of aryl methyl sites for hydroxylation is 1. The molecule has 0 radical (unpaired) electrons. The number of rotatable bonds is 14. The van der Waals surface area contributed by atoms with Gasteiger partial charge in [-0.2, -0.15) is 0 Å². The van der Waals surface area contributed by atoms with Crippen molar-refractivity contribution in [3.63, 3.8) is 0 Å². The van der Waals surface area contributed by atoms with E-state index in [1.807, 2.05) is 12.1 Å². The summed E-state index contributed by atoms with van der Waals surface area (Å²) in [5.74, 6) is -0.109. The maximum Gasteiger partial charge on any atom is 0.306 e. The van der Waals surface area contributed by atoms with Crippen molar-refractivity contribution < 1.29 is 9.53 Å². The van der Waals surface area contributed by atoms with Crippen LogP contribution in [0.4, 0.5) is 0 Å². The first-order valence-corrected chi connectivity index (χ1v) is 10.6. The van der Waals surface area contributed by atoms with E-state index in [-0.39, 0.29) is 5.97 Å². The second kappa shape index (κ2) is 14.6. The van der Waals surface area contributed by atoms with E-state index in [0.717, 1.165) is 31.2 Å². The van der Waals surface area contributed by atoms with Gasteiger partial charge >= 0.3 is 5.97 Å². The Morgan fingerprint density at radius 2 is 1.54 bits per heavy atom. The van der Waals surface area contributed by atoms with Gasteiger partial charge in [-0.3, -0.25) is 9.78 Å². The van der Waals surface area contributed by atoms with Crippen LogP contribution in [0.15, 0.2) is 67.0 Å². The molecule has 0 unspecified atom stereocenters. The number of carbonyl (C=O) groups excluding carboxylic acids is 1. The van der Waals surface area contributed by atoms with E-state index in [9.17, 15) is 4.79 Å². The molecule has 1 aromatic heterocycles. The van der Waals surface area contributed by atoms with Crippen LogP contribution in [0.2, 0.25) is 0 Å². The molecule has 0 aliphatic heterocycles. The molecular formula is C25H33NO2. The summed E-state index contributed by atoms with van der Waals surface area (Å²) in [4.78, 5) is 15.7. The number of hydrogen-bond acceptors (Lipinski definition) is 3. The van der Waals surface area contributed by atoms with Gasteiger partial charge in [0.15, 0.2) is 0 Å². The predicted molar refractivity (Wildman–Crippen MR) is 115 cm³/mol. The first-order chi connectivity index (χ1) is 13.8. The molecule has 0 spiro atoms. The monoisotopic (exact) mass is 379 g/mol. The Morgan fingerprint density at radius 1 is 0.821 bits per heavy atom. The average Bonchev–Trinajstić information content (AvgIpc) is 2.74. The Morgan fingerprint density at radius 3 is 2.32 bits per heavy atom. The van der Waals surface area contributed by atoms with E-state index in [4.69, 9.17) is 4.74 Å². The van der Waals surface area contributed by atoms with Crippen LogP contribution in [-0.4, -0.2) is 11.0 Å². The zero-order valence-electron chi connectivity index (χ0n) is 16.9. The van der Waals surface area contributed by atoms with Gasteiger partial charge in [0.2, 0.25) is 0 Å². The molecule has 0 fully saturated rings. The third-order valence-corrected chi connectivity index (χ3v) is 4.72. The summed E-state index contributed by atoms with van der Waals surface area (Å²) < 4.78 is 5.26. The van der Waals surface area contributed by atoms with Crippen molar-refractivity contribution in [1.29, 1.82) is 0 Å². The highest BCUT2D eigenvalue weighted by Gasteiger charge is 2.03. The average molecular weight is 380 g/mol. The van der Waals surface area contributed by atoms with Crippen LogP contribution in [0.1, 0.15) is 68.9 Å². The highest BCUT2D eigenvalue weighted by molar-refractivity contribution is 5.69. The van der Waals surface area contributed by atoms with Gasteiger partial charge in [-0.25, -0.2) is 0 Å². The standard InChI is InChI=1S/C25H33NO2/c27-25(28-22-24-18-14-20-26-21-24)19-13-8-6-4-2-1-3-5-7-10-15-23-16-11-9-12-17-23/h3,5,9,11-12,14,16-18,20-21H,1-2,4,6-8,10,13,15,19,22H2/b5-3-. The molecule has 0 saturated carbocycles. The third-order valence-electron chi connectivity index (χ3n) is 4.72. The summed E-state index contributed by atoms with van der Waals surface area (Å²) in [7, 11) is 0. The van der Waals surface area contributed by atoms with Crippen molar-refractivity contribution in [2.75, 3.05) is 0 Å². The number of benzene rings is 1. The molecule has 0 N–H and O–H groups in total. The number of ether oxygens (including phenoxy) is 1. The summed E-state index contributed by atoms with van der Waals surface area (Å²) >= 11 is 0. The predicted octanol–water partition coefficient (Wildman–Crippen LogP) is 6.43. The van der Waals surface area contributed by atoms with Crippen LogP contribution in [-0.2, 0) is 22.6 Å². The highest BCUT2D eigenvalue weighted by Crippen LogP contribution is 2.10. The van der Waals surface area contributed by atoms with Crippen LogP contribution in [0, 0.1) is 0 Å². The minimum absolute atomic E-state index is 0.109. The Labute approximate surface area is 169 Å². The van der Waals surface area contributed by atoms with Crippen molar-refractivity contribution in [2.45, 2.75) is 70.8 Å². The SMILES string of the molecule is O=C(CCCCCCC/C=C\CCCc1ccccc1)OCc1cccnc1. The minimum Gasteiger partial charge on any atom is -0.461 e. The molecule has 2 rings (SSSR count). The van der Waals surface area contributed by atoms with Crippen LogP contribution in [0.25, 0.3) is 0 Å². The number of allylic oxidation sites excluding steroid dienone is 2. The Balaban J connectivity index is 1.36. The smallest absolute Gasteiger partial charge is 0.306 e. The molecule has 2 aromatic rings. The Bertz CT molecular complexity index is 667. The maximum absolute atomic E-state index is 11.7. The lowest BCUT2D eigenvalue weighted by molar-refractivity contribution is -0.145. The second-order valence-electron chi connectivity index (χ2n) is 7.18. The van der Waals surface area contributed by atoms with Crippen molar-refractivity contribution in [3.05, 3.63) is 78.1 Å². The first kappa shape index (κ1) is 21.9. The maximum atomic E-state index is 11.7. The van der Waals surface area contributed by atoms with Crippen molar-refractivity contribution in [3.8, 4) is 0 Å². The Hall–Kier alpha value is -2.42. The number of carbonyl (C=O) groups is 1. The van der Waals surface area contributed by atoms with E-state index in [1.165, 1.54) is 37.7 Å². The minimum atomic E-state index is -0.109. The molecule has 1 aromatic carbocycles. The van der Waals surface area contributed by atoms with E-state index in [2.05, 4.69) is 47.5 Å². The summed E-state index contributed by atoms with van der Waals surface area (Å²) in [6, 6.07) is 14.4. The summed E-state index contributed by atoms with van der Waals surface area (Å²) in [5.41, 5.74) is 2.36. The van der Waals surface area contributed by atoms with E-state index < -0.39 is 0 Å². The van der Waals surface area contributed by atoms with Gasteiger partial charge in [0.25, 0.3) is 0 Å². The van der Waals surface area contributed by atoms with Crippen LogP contribution < -0.4 is 0 Å². The van der Waals surface area contributed by atoms with Crippen molar-refractivity contribution in [1.82, 2.24) is 4.98 Å². The van der Waals surface area contributed by atoms with E-state index in [1.54, 1.807) is 12.4 Å². The molecule has 28 heavy (non-hydrogen) atoms. The molecule has 0 bridgehead atoms. The number of pyridine rings is 1. The van der Waals surface area contributed by atoms with Gasteiger partial charge in [0, 0.05) is 24.4 Å². The summed E-state index contributed by atoms with van der Waals surface area (Å²) in [6.07, 6.45) is 19.0. The van der Waals surface area contributed by atoms with Crippen LogP contribution in [0.3, 0.4) is 0 Å². The molecule has 0 aliphatic carbocycles. The molecule has 3 nitrogen and oxygen atoms in total. The lowest BCUT2D eigenvalue weighted by atomic mass is 10.1. The fourth-order valence-electron chi connectivity index (χ4n) is 3.09. The lowest BCUT2D eigenvalue weighted by Crippen LogP contribution is -2.04. The van der Waals surface area contributed by atoms with Gasteiger partial charge in [-0.05, 0) is 50.2 Å². The number of esters is 1. The quantitative estimate of drug-likeness (QED) is 0.215. The van der Waals surface area contributed by atoms with Gasteiger partial charge < -0.3 is 4.74 Å². The summed E-state index contributed by atoms with van der Waals surface area (Å²) in [6.45, 7) is 0.324.